The molecular weight excluding hydrogens is 293 g/mol. The van der Waals surface area contributed by atoms with E-state index >= 15 is 0 Å². The smallest absolute Gasteiger partial charge is 0.228 e. The maximum atomic E-state index is 13.8. The molecular formula is C15H17ClFN3O. The Bertz CT molecular complexity index is 638. The Morgan fingerprint density at radius 3 is 2.86 bits per heavy atom. The van der Waals surface area contributed by atoms with Gasteiger partial charge in [0.25, 0.3) is 0 Å². The van der Waals surface area contributed by atoms with E-state index in [1.54, 1.807) is 12.1 Å². The molecule has 21 heavy (non-hydrogen) atoms. The van der Waals surface area contributed by atoms with E-state index in [0.717, 1.165) is 25.7 Å². The van der Waals surface area contributed by atoms with Crippen molar-refractivity contribution in [3.63, 3.8) is 0 Å². The molecule has 1 heterocycles. The van der Waals surface area contributed by atoms with Crippen LogP contribution in [0.2, 0.25) is 5.02 Å². The van der Waals surface area contributed by atoms with Gasteiger partial charge in [-0.2, -0.15) is 4.98 Å². The van der Waals surface area contributed by atoms with Crippen molar-refractivity contribution in [2.75, 3.05) is 0 Å². The van der Waals surface area contributed by atoms with Crippen LogP contribution < -0.4 is 5.73 Å². The number of benzene rings is 1. The molecule has 0 unspecified atom stereocenters. The molecule has 1 saturated carbocycles. The first kappa shape index (κ1) is 14.5. The van der Waals surface area contributed by atoms with E-state index in [-0.39, 0.29) is 17.0 Å². The Morgan fingerprint density at radius 2 is 2.10 bits per heavy atom. The molecule has 0 spiro atoms. The second-order valence-electron chi connectivity index (χ2n) is 5.74. The van der Waals surface area contributed by atoms with Gasteiger partial charge in [-0.25, -0.2) is 4.39 Å². The number of nitrogens with two attached hydrogens (primary N) is 1. The SMILES string of the molecule is NC1(Cc2nc(Cc3cccc(Cl)c3F)no2)CCCC1. The average molecular weight is 310 g/mol. The van der Waals surface area contributed by atoms with Crippen LogP contribution in [0, 0.1) is 5.82 Å². The van der Waals surface area contributed by atoms with Gasteiger partial charge in [-0.3, -0.25) is 0 Å². The van der Waals surface area contributed by atoms with Gasteiger partial charge in [0.15, 0.2) is 5.82 Å². The molecule has 4 nitrogen and oxygen atoms in total. The standard InChI is InChI=1S/C15H17ClFN3O/c16-11-5-3-4-10(14(11)17)8-12-19-13(21-20-12)9-15(18)6-1-2-7-15/h3-5H,1-2,6-9,18H2. The minimum absolute atomic E-state index is 0.100. The first-order chi connectivity index (χ1) is 10.1. The van der Waals surface area contributed by atoms with Crippen molar-refractivity contribution in [3.05, 3.63) is 46.3 Å². The third-order valence-corrected chi connectivity index (χ3v) is 4.28. The van der Waals surface area contributed by atoms with E-state index in [0.29, 0.717) is 23.7 Å². The van der Waals surface area contributed by atoms with Crippen LogP contribution in [0.1, 0.15) is 43.0 Å². The minimum atomic E-state index is -0.434. The summed E-state index contributed by atoms with van der Waals surface area (Å²) in [5.41, 5.74) is 6.52. The summed E-state index contributed by atoms with van der Waals surface area (Å²) in [5, 5.41) is 4.00. The summed E-state index contributed by atoms with van der Waals surface area (Å²) in [6, 6.07) is 4.88. The lowest BCUT2D eigenvalue weighted by Crippen LogP contribution is -2.38. The van der Waals surface area contributed by atoms with Crippen LogP contribution in [0.3, 0.4) is 0 Å². The van der Waals surface area contributed by atoms with E-state index in [1.807, 2.05) is 0 Å². The zero-order valence-electron chi connectivity index (χ0n) is 11.6. The summed E-state index contributed by atoms with van der Waals surface area (Å²) in [7, 11) is 0. The van der Waals surface area contributed by atoms with Gasteiger partial charge < -0.3 is 10.3 Å². The van der Waals surface area contributed by atoms with Crippen molar-refractivity contribution in [2.24, 2.45) is 5.73 Å². The first-order valence-corrected chi connectivity index (χ1v) is 7.47. The van der Waals surface area contributed by atoms with Crippen molar-refractivity contribution in [2.45, 2.75) is 44.1 Å². The third kappa shape index (κ3) is 3.24. The molecule has 0 radical (unpaired) electrons. The Morgan fingerprint density at radius 1 is 1.33 bits per heavy atom. The Labute approximate surface area is 127 Å². The largest absolute Gasteiger partial charge is 0.339 e. The molecule has 2 aromatic rings. The maximum Gasteiger partial charge on any atom is 0.228 e. The third-order valence-electron chi connectivity index (χ3n) is 3.99. The highest BCUT2D eigenvalue weighted by Crippen LogP contribution is 2.30. The quantitative estimate of drug-likeness (QED) is 0.941. The highest BCUT2D eigenvalue weighted by Gasteiger charge is 2.31. The molecule has 0 amide bonds. The second kappa shape index (κ2) is 5.73. The van der Waals surface area contributed by atoms with Gasteiger partial charge in [-0.1, -0.05) is 41.7 Å². The summed E-state index contributed by atoms with van der Waals surface area (Å²) in [6.45, 7) is 0. The van der Waals surface area contributed by atoms with Crippen LogP contribution in [0.4, 0.5) is 4.39 Å². The second-order valence-corrected chi connectivity index (χ2v) is 6.15. The van der Waals surface area contributed by atoms with Crippen molar-refractivity contribution >= 4 is 11.6 Å². The Hall–Kier alpha value is -1.46. The number of aromatic nitrogens is 2. The van der Waals surface area contributed by atoms with Gasteiger partial charge in [0.2, 0.25) is 5.89 Å². The van der Waals surface area contributed by atoms with Crippen molar-refractivity contribution < 1.29 is 8.91 Å². The van der Waals surface area contributed by atoms with E-state index in [1.165, 1.54) is 6.07 Å². The molecule has 0 saturated heterocycles. The highest BCUT2D eigenvalue weighted by molar-refractivity contribution is 6.30. The molecule has 0 aliphatic heterocycles. The summed E-state index contributed by atoms with van der Waals surface area (Å²) in [6.07, 6.45) is 5.09. The summed E-state index contributed by atoms with van der Waals surface area (Å²) < 4.78 is 19.1. The predicted octanol–water partition coefficient (Wildman–Crippen LogP) is 3.27. The zero-order chi connectivity index (χ0) is 14.9. The van der Waals surface area contributed by atoms with E-state index < -0.39 is 5.82 Å². The van der Waals surface area contributed by atoms with Gasteiger partial charge in [0, 0.05) is 18.4 Å². The van der Waals surface area contributed by atoms with Gasteiger partial charge in [0.1, 0.15) is 5.82 Å². The average Bonchev–Trinajstić information content (AvgIpc) is 3.05. The van der Waals surface area contributed by atoms with Gasteiger partial charge in [0.05, 0.1) is 5.02 Å². The summed E-state index contributed by atoms with van der Waals surface area (Å²) in [4.78, 5) is 4.32. The predicted molar refractivity (Wildman–Crippen MR) is 77.6 cm³/mol. The van der Waals surface area contributed by atoms with Crippen molar-refractivity contribution in [1.82, 2.24) is 10.1 Å². The van der Waals surface area contributed by atoms with Crippen molar-refractivity contribution in [1.29, 1.82) is 0 Å². The first-order valence-electron chi connectivity index (χ1n) is 7.09. The van der Waals surface area contributed by atoms with Gasteiger partial charge in [-0.05, 0) is 24.5 Å². The zero-order valence-corrected chi connectivity index (χ0v) is 12.4. The van der Waals surface area contributed by atoms with E-state index in [4.69, 9.17) is 21.9 Å². The molecule has 0 bridgehead atoms. The monoisotopic (exact) mass is 309 g/mol. The fraction of sp³-hybridized carbons (Fsp3) is 0.467. The summed E-state index contributed by atoms with van der Waals surface area (Å²) in [5.74, 6) is 0.543. The van der Waals surface area contributed by atoms with Crippen LogP contribution >= 0.6 is 11.6 Å². The molecule has 112 valence electrons. The normalized spacial score (nSPS) is 17.3. The molecule has 3 rings (SSSR count). The topological polar surface area (TPSA) is 64.9 Å². The molecule has 0 atom stereocenters. The number of rotatable bonds is 4. The van der Waals surface area contributed by atoms with Crippen molar-refractivity contribution in [3.8, 4) is 0 Å². The molecule has 6 heteroatoms. The molecule has 1 fully saturated rings. The number of hydrogen-bond donors (Lipinski definition) is 1. The van der Waals surface area contributed by atoms with E-state index in [9.17, 15) is 4.39 Å². The molecule has 1 aromatic heterocycles. The fourth-order valence-corrected chi connectivity index (χ4v) is 3.04. The lowest BCUT2D eigenvalue weighted by Gasteiger charge is -2.20. The van der Waals surface area contributed by atoms with Gasteiger partial charge >= 0.3 is 0 Å². The molecule has 2 N–H and O–H groups in total. The summed E-state index contributed by atoms with van der Waals surface area (Å²) >= 11 is 5.76. The van der Waals surface area contributed by atoms with Crippen LogP contribution in [0.25, 0.3) is 0 Å². The van der Waals surface area contributed by atoms with Gasteiger partial charge in [-0.15, -0.1) is 0 Å². The van der Waals surface area contributed by atoms with E-state index in [2.05, 4.69) is 10.1 Å². The fourth-order valence-electron chi connectivity index (χ4n) is 2.85. The number of nitrogens with zero attached hydrogens (tertiary/aromatic N) is 2. The highest BCUT2D eigenvalue weighted by atomic mass is 35.5. The maximum absolute atomic E-state index is 13.8. The van der Waals surface area contributed by atoms with Crippen LogP contribution in [-0.2, 0) is 12.8 Å². The minimum Gasteiger partial charge on any atom is -0.339 e. The van der Waals surface area contributed by atoms with Crippen LogP contribution in [0.15, 0.2) is 22.7 Å². The lowest BCUT2D eigenvalue weighted by molar-refractivity contribution is 0.327. The lowest BCUT2D eigenvalue weighted by atomic mass is 9.95. The number of hydrogen-bond acceptors (Lipinski definition) is 4. The Kier molecular flexibility index (Phi) is 3.95. The number of halogens is 2. The Balaban J connectivity index is 1.72. The van der Waals surface area contributed by atoms with Crippen LogP contribution in [0.5, 0.6) is 0 Å². The molecule has 1 aliphatic carbocycles. The van der Waals surface area contributed by atoms with Crippen LogP contribution in [-0.4, -0.2) is 15.7 Å². The molecule has 1 aromatic carbocycles. The molecule has 1 aliphatic rings.